The third kappa shape index (κ3) is 5.68. The van der Waals surface area contributed by atoms with Crippen molar-refractivity contribution in [1.29, 1.82) is 0 Å². The van der Waals surface area contributed by atoms with Gasteiger partial charge < -0.3 is 10.2 Å². The molecule has 1 aliphatic rings. The van der Waals surface area contributed by atoms with Gasteiger partial charge in [-0.05, 0) is 44.9 Å². The predicted molar refractivity (Wildman–Crippen MR) is 80.0 cm³/mol. The lowest BCUT2D eigenvalue weighted by atomic mass is 10.0. The summed E-state index contributed by atoms with van der Waals surface area (Å²) in [6.07, 6.45) is 1.31. The largest absolute Gasteiger partial charge is 0.315 e. The maximum absolute atomic E-state index is 3.64. The van der Waals surface area contributed by atoms with E-state index < -0.39 is 0 Å². The second kappa shape index (κ2) is 8.13. The number of nitrogens with one attached hydrogen (secondary N) is 1. The second-order valence-corrected chi connectivity index (χ2v) is 6.56. The molecular weight excluding hydrogens is 222 g/mol. The van der Waals surface area contributed by atoms with Crippen LogP contribution in [0.4, 0.5) is 0 Å². The molecule has 3 heteroatoms. The number of likely N-dealkylation sites (N-methyl/N-ethyl adjacent to an activating group) is 1. The maximum Gasteiger partial charge on any atom is 0.0244 e. The average Bonchev–Trinajstić information content (AvgIpc) is 2.49. The summed E-state index contributed by atoms with van der Waals surface area (Å²) < 4.78 is 0. The fourth-order valence-corrected chi connectivity index (χ4v) is 2.70. The van der Waals surface area contributed by atoms with Crippen LogP contribution in [-0.4, -0.2) is 62.2 Å². The summed E-state index contributed by atoms with van der Waals surface area (Å²) in [5, 5.41) is 3.64. The van der Waals surface area contributed by atoms with Crippen molar-refractivity contribution < 1.29 is 0 Å². The summed E-state index contributed by atoms with van der Waals surface area (Å²) >= 11 is 0. The van der Waals surface area contributed by atoms with Crippen molar-refractivity contribution in [2.75, 3.05) is 46.3 Å². The van der Waals surface area contributed by atoms with Crippen LogP contribution in [-0.2, 0) is 0 Å². The van der Waals surface area contributed by atoms with E-state index in [2.05, 4.69) is 49.9 Å². The molecule has 0 aromatic carbocycles. The minimum Gasteiger partial charge on any atom is -0.315 e. The first kappa shape index (κ1) is 15.9. The van der Waals surface area contributed by atoms with Gasteiger partial charge >= 0.3 is 0 Å². The molecule has 0 amide bonds. The van der Waals surface area contributed by atoms with E-state index in [4.69, 9.17) is 0 Å². The van der Waals surface area contributed by atoms with Crippen LogP contribution in [0.1, 0.15) is 34.1 Å². The topological polar surface area (TPSA) is 18.5 Å². The molecule has 1 saturated heterocycles. The Kier molecular flexibility index (Phi) is 7.20. The number of nitrogens with zero attached hydrogens (tertiary/aromatic N) is 2. The summed E-state index contributed by atoms with van der Waals surface area (Å²) in [6, 6.07) is 0.690. The number of hydrogen-bond acceptors (Lipinski definition) is 3. The molecule has 0 aliphatic carbocycles. The fraction of sp³-hybridized carbons (Fsp3) is 1.00. The highest BCUT2D eigenvalue weighted by atomic mass is 15.2. The molecule has 1 fully saturated rings. The zero-order chi connectivity index (χ0) is 13.5. The molecule has 0 saturated carbocycles. The number of hydrogen-bond donors (Lipinski definition) is 1. The minimum absolute atomic E-state index is 0.690. The molecule has 108 valence electrons. The minimum atomic E-state index is 0.690. The van der Waals surface area contributed by atoms with E-state index in [0.29, 0.717) is 6.04 Å². The van der Waals surface area contributed by atoms with E-state index in [9.17, 15) is 0 Å². The van der Waals surface area contributed by atoms with Gasteiger partial charge in [-0.2, -0.15) is 0 Å². The van der Waals surface area contributed by atoms with E-state index in [1.807, 2.05) is 0 Å². The van der Waals surface area contributed by atoms with E-state index in [-0.39, 0.29) is 0 Å². The zero-order valence-electron chi connectivity index (χ0n) is 13.1. The maximum atomic E-state index is 3.64. The molecule has 1 rings (SSSR count). The normalized spacial score (nSPS) is 21.5. The third-order valence-corrected chi connectivity index (χ3v) is 3.90. The highest BCUT2D eigenvalue weighted by Gasteiger charge is 2.23. The summed E-state index contributed by atoms with van der Waals surface area (Å²) in [4.78, 5) is 5.15. The lowest BCUT2D eigenvalue weighted by molar-refractivity contribution is 0.156. The van der Waals surface area contributed by atoms with Gasteiger partial charge in [0, 0.05) is 25.7 Å². The van der Waals surface area contributed by atoms with Crippen LogP contribution in [0.5, 0.6) is 0 Å². The molecular formula is C15H33N3. The molecule has 1 unspecified atom stereocenters. The SMILES string of the molecule is CC(C)CNCC(C(C)C)N1CCCN(C)CC1. The van der Waals surface area contributed by atoms with Gasteiger partial charge in [-0.15, -0.1) is 0 Å². The monoisotopic (exact) mass is 255 g/mol. The fourth-order valence-electron chi connectivity index (χ4n) is 2.70. The van der Waals surface area contributed by atoms with Crippen LogP contribution < -0.4 is 5.32 Å². The van der Waals surface area contributed by atoms with Crippen LogP contribution in [0.15, 0.2) is 0 Å². The second-order valence-electron chi connectivity index (χ2n) is 6.56. The van der Waals surface area contributed by atoms with Crippen molar-refractivity contribution in [2.45, 2.75) is 40.2 Å². The zero-order valence-corrected chi connectivity index (χ0v) is 13.1. The van der Waals surface area contributed by atoms with Gasteiger partial charge in [0.15, 0.2) is 0 Å². The van der Waals surface area contributed by atoms with Crippen LogP contribution >= 0.6 is 0 Å². The molecule has 0 radical (unpaired) electrons. The van der Waals surface area contributed by atoms with Gasteiger partial charge in [0.1, 0.15) is 0 Å². The van der Waals surface area contributed by atoms with Gasteiger partial charge in [0.2, 0.25) is 0 Å². The average molecular weight is 255 g/mol. The summed E-state index contributed by atoms with van der Waals surface area (Å²) in [5.74, 6) is 1.47. The molecule has 1 atom stereocenters. The Hall–Kier alpha value is -0.120. The van der Waals surface area contributed by atoms with Crippen molar-refractivity contribution >= 4 is 0 Å². The highest BCUT2D eigenvalue weighted by Crippen LogP contribution is 2.13. The molecule has 3 nitrogen and oxygen atoms in total. The van der Waals surface area contributed by atoms with Crippen LogP contribution in [0.25, 0.3) is 0 Å². The van der Waals surface area contributed by atoms with Crippen molar-refractivity contribution in [3.8, 4) is 0 Å². The van der Waals surface area contributed by atoms with Crippen LogP contribution in [0, 0.1) is 11.8 Å². The molecule has 0 bridgehead atoms. The Morgan fingerprint density at radius 3 is 2.28 bits per heavy atom. The predicted octanol–water partition coefficient (Wildman–Crippen LogP) is 1.89. The van der Waals surface area contributed by atoms with Crippen LogP contribution in [0.2, 0.25) is 0 Å². The van der Waals surface area contributed by atoms with E-state index in [1.165, 1.54) is 32.6 Å². The molecule has 0 aromatic heterocycles. The summed E-state index contributed by atoms with van der Waals surface area (Å²) in [5.41, 5.74) is 0. The first-order valence-electron chi connectivity index (χ1n) is 7.64. The Bertz CT molecular complexity index is 216. The first-order valence-corrected chi connectivity index (χ1v) is 7.64. The highest BCUT2D eigenvalue weighted by molar-refractivity contribution is 4.80. The lowest BCUT2D eigenvalue weighted by Crippen LogP contribution is -2.47. The molecule has 1 aliphatic heterocycles. The first-order chi connectivity index (χ1) is 8.50. The van der Waals surface area contributed by atoms with Gasteiger partial charge in [-0.3, -0.25) is 4.90 Å². The Balaban J connectivity index is 2.44. The standard InChI is InChI=1S/C15H33N3/c1-13(2)11-16-12-15(14(3)4)18-8-6-7-17(5)9-10-18/h13-16H,6-12H2,1-5H3. The summed E-state index contributed by atoms with van der Waals surface area (Å²) in [7, 11) is 2.24. The van der Waals surface area contributed by atoms with Gasteiger partial charge in [-0.1, -0.05) is 27.7 Å². The van der Waals surface area contributed by atoms with E-state index >= 15 is 0 Å². The number of rotatable bonds is 6. The Morgan fingerprint density at radius 2 is 1.67 bits per heavy atom. The van der Waals surface area contributed by atoms with E-state index in [1.54, 1.807) is 0 Å². The third-order valence-electron chi connectivity index (χ3n) is 3.90. The molecule has 0 aromatic rings. The van der Waals surface area contributed by atoms with Crippen LogP contribution in [0.3, 0.4) is 0 Å². The van der Waals surface area contributed by atoms with Gasteiger partial charge in [0.05, 0.1) is 0 Å². The molecule has 1 heterocycles. The van der Waals surface area contributed by atoms with Gasteiger partial charge in [0.25, 0.3) is 0 Å². The smallest absolute Gasteiger partial charge is 0.0244 e. The molecule has 0 spiro atoms. The molecule has 1 N–H and O–H groups in total. The van der Waals surface area contributed by atoms with Gasteiger partial charge in [-0.25, -0.2) is 0 Å². The Morgan fingerprint density at radius 1 is 0.944 bits per heavy atom. The lowest BCUT2D eigenvalue weighted by Gasteiger charge is -2.34. The molecule has 18 heavy (non-hydrogen) atoms. The van der Waals surface area contributed by atoms with E-state index in [0.717, 1.165) is 24.9 Å². The van der Waals surface area contributed by atoms with Crippen molar-refractivity contribution in [1.82, 2.24) is 15.1 Å². The summed E-state index contributed by atoms with van der Waals surface area (Å²) in [6.45, 7) is 16.5. The Labute approximate surface area is 114 Å². The van der Waals surface area contributed by atoms with Crippen molar-refractivity contribution in [3.05, 3.63) is 0 Å². The quantitative estimate of drug-likeness (QED) is 0.782. The van der Waals surface area contributed by atoms with Crippen molar-refractivity contribution in [3.63, 3.8) is 0 Å². The van der Waals surface area contributed by atoms with Crippen molar-refractivity contribution in [2.24, 2.45) is 11.8 Å².